The van der Waals surface area contributed by atoms with Gasteiger partial charge in [0, 0.05) is 41.7 Å². The molecule has 1 fully saturated rings. The number of aromatic nitrogens is 1. The van der Waals surface area contributed by atoms with Crippen LogP contribution in [0.3, 0.4) is 0 Å². The zero-order valence-corrected chi connectivity index (χ0v) is 24.5. The number of hydrogen-bond acceptors (Lipinski definition) is 7. The maximum absolute atomic E-state index is 14.2. The predicted molar refractivity (Wildman–Crippen MR) is 156 cm³/mol. The molecule has 0 radical (unpaired) electrons. The predicted octanol–water partition coefficient (Wildman–Crippen LogP) is 4.05. The molecule has 0 aliphatic carbocycles. The summed E-state index contributed by atoms with van der Waals surface area (Å²) in [6.45, 7) is 1.69. The summed E-state index contributed by atoms with van der Waals surface area (Å²) in [5.74, 6) is -3.71. The Morgan fingerprint density at radius 2 is 1.88 bits per heavy atom. The first-order chi connectivity index (χ1) is 20.5. The molecule has 226 valence electrons. The molecule has 2 unspecified atom stereocenters. The molecule has 2 amide bonds. The Morgan fingerprint density at radius 1 is 1.14 bits per heavy atom. The number of fused-ring (bicyclic) bond motifs is 4. The third kappa shape index (κ3) is 6.01. The van der Waals surface area contributed by atoms with Gasteiger partial charge in [0.25, 0.3) is 11.8 Å². The van der Waals surface area contributed by atoms with Crippen molar-refractivity contribution in [3.05, 3.63) is 99.0 Å². The van der Waals surface area contributed by atoms with Crippen LogP contribution in [-0.2, 0) is 22.7 Å². The number of nitrogens with zero attached hydrogens (tertiary/aromatic N) is 2. The van der Waals surface area contributed by atoms with Crippen LogP contribution < -0.4 is 15.5 Å². The number of methoxy groups -OCH3 is 1. The Labute approximate surface area is 252 Å². The lowest BCUT2D eigenvalue weighted by molar-refractivity contribution is -0.141. The summed E-state index contributed by atoms with van der Waals surface area (Å²) < 4.78 is 39.1. The van der Waals surface area contributed by atoms with Crippen molar-refractivity contribution < 1.29 is 32.6 Å². The molecule has 2 aliphatic heterocycles. The van der Waals surface area contributed by atoms with Crippen molar-refractivity contribution in [1.29, 1.82) is 0 Å². The molecule has 12 heteroatoms. The maximum atomic E-state index is 14.2. The Hall–Kier alpha value is -4.19. The van der Waals surface area contributed by atoms with Crippen LogP contribution in [0, 0.1) is 11.6 Å². The number of hydrogen-bond donors (Lipinski definition) is 2. The zero-order chi connectivity index (χ0) is 30.9. The number of pyridine rings is 1. The van der Waals surface area contributed by atoms with Crippen LogP contribution in [0.25, 0.3) is 0 Å². The SMILES string of the molecule is COC(=O)CC1(S)CC[C@H](C)N2CC1n1cc(C(=O)NCc3ccc(F)cc3F)c(=O)c(OCc3ccccc3)c1C2=O. The maximum Gasteiger partial charge on any atom is 0.306 e. The molecule has 3 atom stereocenters. The second-order valence-electron chi connectivity index (χ2n) is 10.9. The van der Waals surface area contributed by atoms with E-state index in [1.165, 1.54) is 23.9 Å². The highest BCUT2D eigenvalue weighted by Crippen LogP contribution is 2.45. The van der Waals surface area contributed by atoms with Gasteiger partial charge in [0.2, 0.25) is 5.43 Å². The molecule has 1 aromatic heterocycles. The second-order valence-corrected chi connectivity index (χ2v) is 11.8. The molecule has 2 aliphatic rings. The Balaban J connectivity index is 1.62. The van der Waals surface area contributed by atoms with Gasteiger partial charge < -0.3 is 24.3 Å². The lowest BCUT2D eigenvalue weighted by Crippen LogP contribution is -2.51. The fourth-order valence-electron chi connectivity index (χ4n) is 5.64. The van der Waals surface area contributed by atoms with E-state index in [1.54, 1.807) is 29.2 Å². The van der Waals surface area contributed by atoms with Crippen LogP contribution >= 0.6 is 12.6 Å². The molecule has 5 rings (SSSR count). The molecule has 3 heterocycles. The number of nitrogens with one attached hydrogen (secondary N) is 1. The van der Waals surface area contributed by atoms with E-state index in [9.17, 15) is 28.0 Å². The summed E-state index contributed by atoms with van der Waals surface area (Å²) in [5.41, 5.74) is -0.468. The van der Waals surface area contributed by atoms with E-state index in [4.69, 9.17) is 22.1 Å². The molecule has 1 N–H and O–H groups in total. The highest BCUT2D eigenvalue weighted by molar-refractivity contribution is 7.81. The molecule has 43 heavy (non-hydrogen) atoms. The lowest BCUT2D eigenvalue weighted by Gasteiger charge is -2.43. The number of amides is 2. The van der Waals surface area contributed by atoms with Gasteiger partial charge in [0.05, 0.1) is 19.6 Å². The normalized spacial score (nSPS) is 21.0. The zero-order valence-electron chi connectivity index (χ0n) is 23.6. The van der Waals surface area contributed by atoms with Gasteiger partial charge in [0.15, 0.2) is 11.4 Å². The number of carbonyl (C=O) groups is 3. The van der Waals surface area contributed by atoms with Gasteiger partial charge in [0.1, 0.15) is 23.8 Å². The topological polar surface area (TPSA) is 107 Å². The fraction of sp³-hybridized carbons (Fsp3) is 0.355. The molecule has 0 spiro atoms. The standard InChI is InChI=1S/C31H31F2N3O6S/c1-18-10-11-31(43,13-25(37)41-2)24-16-35(18)30(40)26-28(42-17-19-6-4-3-5-7-19)27(38)22(15-36(24)26)29(39)34-14-20-8-9-21(32)12-23(20)33/h3-9,12,15,18,24,43H,10-11,13-14,16-17H2,1-2H3,(H,34,39)/t18-,24?,31?/m0/s1. The number of ether oxygens (including phenoxy) is 2. The van der Waals surface area contributed by atoms with Gasteiger partial charge >= 0.3 is 5.97 Å². The van der Waals surface area contributed by atoms with Crippen LogP contribution in [0.1, 0.15) is 64.2 Å². The van der Waals surface area contributed by atoms with Crippen LogP contribution in [0.4, 0.5) is 8.78 Å². The van der Waals surface area contributed by atoms with Crippen molar-refractivity contribution >= 4 is 30.4 Å². The van der Waals surface area contributed by atoms with Crippen molar-refractivity contribution in [2.75, 3.05) is 13.7 Å². The molecule has 2 bridgehead atoms. The first-order valence-electron chi connectivity index (χ1n) is 13.8. The molecule has 3 aromatic rings. The second kappa shape index (κ2) is 12.2. The number of rotatable bonds is 8. The van der Waals surface area contributed by atoms with Crippen LogP contribution in [0.5, 0.6) is 5.75 Å². The quantitative estimate of drug-likeness (QED) is 0.294. The molecule has 1 saturated heterocycles. The highest BCUT2D eigenvalue weighted by atomic mass is 32.1. The summed E-state index contributed by atoms with van der Waals surface area (Å²) in [7, 11) is 1.28. The van der Waals surface area contributed by atoms with Crippen molar-refractivity contribution in [3.63, 3.8) is 0 Å². The number of halogens is 2. The minimum atomic E-state index is -0.998. The van der Waals surface area contributed by atoms with Gasteiger partial charge in [-0.25, -0.2) is 8.78 Å². The van der Waals surface area contributed by atoms with Crippen molar-refractivity contribution in [1.82, 2.24) is 14.8 Å². The summed E-state index contributed by atoms with van der Waals surface area (Å²) in [4.78, 5) is 55.3. The van der Waals surface area contributed by atoms with Gasteiger partial charge in [-0.05, 0) is 31.4 Å². The molecule has 9 nitrogen and oxygen atoms in total. The molecule has 2 aromatic carbocycles. The Morgan fingerprint density at radius 3 is 2.58 bits per heavy atom. The van der Waals surface area contributed by atoms with Gasteiger partial charge in [-0.1, -0.05) is 36.4 Å². The average Bonchev–Trinajstić information content (AvgIpc) is 3.09. The van der Waals surface area contributed by atoms with Gasteiger partial charge in [-0.2, -0.15) is 12.6 Å². The summed E-state index contributed by atoms with van der Waals surface area (Å²) in [6, 6.07) is 11.1. The van der Waals surface area contributed by atoms with Crippen LogP contribution in [0.15, 0.2) is 59.5 Å². The van der Waals surface area contributed by atoms with E-state index in [0.29, 0.717) is 18.9 Å². The molecule has 0 saturated carbocycles. The summed E-state index contributed by atoms with van der Waals surface area (Å²) in [6.07, 6.45) is 2.18. The van der Waals surface area contributed by atoms with Crippen molar-refractivity contribution in [3.8, 4) is 5.75 Å². The third-order valence-corrected chi connectivity index (χ3v) is 8.79. The minimum absolute atomic E-state index is 0.0180. The van der Waals surface area contributed by atoms with E-state index in [1.807, 2.05) is 13.0 Å². The minimum Gasteiger partial charge on any atom is -0.483 e. The van der Waals surface area contributed by atoms with E-state index < -0.39 is 45.6 Å². The number of esters is 1. The van der Waals surface area contributed by atoms with Crippen LogP contribution in [0.2, 0.25) is 0 Å². The average molecular weight is 612 g/mol. The highest BCUT2D eigenvalue weighted by Gasteiger charge is 2.49. The van der Waals surface area contributed by atoms with Crippen molar-refractivity contribution in [2.24, 2.45) is 0 Å². The first-order valence-corrected chi connectivity index (χ1v) is 14.2. The fourth-order valence-corrected chi connectivity index (χ4v) is 6.10. The Bertz CT molecular complexity index is 1630. The van der Waals surface area contributed by atoms with E-state index >= 15 is 0 Å². The number of thiol groups is 1. The van der Waals surface area contributed by atoms with E-state index in [-0.39, 0.29) is 54.7 Å². The first kappa shape index (κ1) is 30.3. The number of benzene rings is 2. The largest absolute Gasteiger partial charge is 0.483 e. The summed E-state index contributed by atoms with van der Waals surface area (Å²) >= 11 is 4.97. The van der Waals surface area contributed by atoms with E-state index in [2.05, 4.69) is 5.32 Å². The monoisotopic (exact) mass is 611 g/mol. The van der Waals surface area contributed by atoms with Crippen LogP contribution in [-0.4, -0.2) is 51.7 Å². The number of carbonyl (C=O) groups excluding carboxylic acids is 3. The molecular formula is C31H31F2N3O6S. The van der Waals surface area contributed by atoms with Crippen molar-refractivity contribution in [2.45, 2.75) is 56.2 Å². The van der Waals surface area contributed by atoms with Gasteiger partial charge in [-0.15, -0.1) is 0 Å². The third-order valence-electron chi connectivity index (χ3n) is 8.11. The smallest absolute Gasteiger partial charge is 0.306 e. The van der Waals surface area contributed by atoms with Gasteiger partial charge in [-0.3, -0.25) is 19.2 Å². The summed E-state index contributed by atoms with van der Waals surface area (Å²) in [5, 5.41) is 2.51. The molecular weight excluding hydrogens is 580 g/mol. The Kier molecular flexibility index (Phi) is 8.59. The lowest BCUT2D eigenvalue weighted by atomic mass is 9.89. The van der Waals surface area contributed by atoms with E-state index in [0.717, 1.165) is 11.6 Å².